The van der Waals surface area contributed by atoms with Crippen molar-refractivity contribution < 1.29 is 4.92 Å². The van der Waals surface area contributed by atoms with Crippen molar-refractivity contribution in [3.63, 3.8) is 0 Å². The maximum atomic E-state index is 11.1. The fraction of sp³-hybridized carbons (Fsp3) is 0.357. The molecule has 1 aliphatic carbocycles. The average Bonchev–Trinajstić information content (AvgIpc) is 2.84. The monoisotopic (exact) mass is 272 g/mol. The first kappa shape index (κ1) is 12.8. The first-order valence-corrected chi connectivity index (χ1v) is 6.70. The average molecular weight is 272 g/mol. The Morgan fingerprint density at radius 2 is 2.15 bits per heavy atom. The molecule has 0 amide bonds. The molecule has 2 aromatic rings. The molecule has 1 aromatic heterocycles. The van der Waals surface area contributed by atoms with Crippen LogP contribution < -0.4 is 11.1 Å². The van der Waals surface area contributed by atoms with Crippen molar-refractivity contribution in [3.05, 3.63) is 40.7 Å². The second-order valence-corrected chi connectivity index (χ2v) is 5.16. The Kier molecular flexibility index (Phi) is 3.23. The van der Waals surface area contributed by atoms with Gasteiger partial charge in [-0.25, -0.2) is 0 Å². The number of hydrogen-bond donors (Lipinski definition) is 2. The fourth-order valence-electron chi connectivity index (χ4n) is 2.83. The van der Waals surface area contributed by atoms with E-state index in [1.807, 2.05) is 0 Å². The van der Waals surface area contributed by atoms with Gasteiger partial charge < -0.3 is 11.1 Å². The van der Waals surface area contributed by atoms with Gasteiger partial charge in [-0.1, -0.05) is 0 Å². The normalized spacial score (nSPS) is 22.1. The molecule has 2 unspecified atom stereocenters. The van der Waals surface area contributed by atoms with Crippen LogP contribution in [0.5, 0.6) is 0 Å². The quantitative estimate of drug-likeness (QED) is 0.661. The highest BCUT2D eigenvalue weighted by Crippen LogP contribution is 2.32. The SMILES string of the molecule is NC1CCCC1Nc1ccc([N+](=O)[O-])c2ccncc12. The molecule has 0 aliphatic heterocycles. The smallest absolute Gasteiger partial charge is 0.277 e. The molecule has 20 heavy (non-hydrogen) atoms. The number of nitrogens with two attached hydrogens (primary N) is 1. The van der Waals surface area contributed by atoms with Crippen molar-refractivity contribution in [3.8, 4) is 0 Å². The van der Waals surface area contributed by atoms with Crippen LogP contribution in [0.4, 0.5) is 11.4 Å². The molecule has 0 spiro atoms. The molecule has 1 aromatic carbocycles. The number of anilines is 1. The summed E-state index contributed by atoms with van der Waals surface area (Å²) in [6.07, 6.45) is 6.38. The van der Waals surface area contributed by atoms with Gasteiger partial charge in [0.2, 0.25) is 0 Å². The molecule has 3 N–H and O–H groups in total. The lowest BCUT2D eigenvalue weighted by Gasteiger charge is -2.19. The number of nitrogens with one attached hydrogen (secondary N) is 1. The van der Waals surface area contributed by atoms with E-state index in [9.17, 15) is 10.1 Å². The van der Waals surface area contributed by atoms with Gasteiger partial charge in [-0.2, -0.15) is 0 Å². The van der Waals surface area contributed by atoms with Crippen LogP contribution >= 0.6 is 0 Å². The van der Waals surface area contributed by atoms with E-state index in [-0.39, 0.29) is 22.7 Å². The van der Waals surface area contributed by atoms with E-state index in [0.29, 0.717) is 5.39 Å². The zero-order valence-corrected chi connectivity index (χ0v) is 11.0. The van der Waals surface area contributed by atoms with Gasteiger partial charge in [-0.15, -0.1) is 0 Å². The summed E-state index contributed by atoms with van der Waals surface area (Å²) in [6.45, 7) is 0. The second kappa shape index (κ2) is 5.05. The van der Waals surface area contributed by atoms with Crippen molar-refractivity contribution in [2.45, 2.75) is 31.3 Å². The number of nitro benzene ring substituents is 1. The van der Waals surface area contributed by atoms with E-state index < -0.39 is 0 Å². The molecule has 6 heteroatoms. The first-order chi connectivity index (χ1) is 9.66. The Hall–Kier alpha value is -2.21. The van der Waals surface area contributed by atoms with Crippen molar-refractivity contribution in [1.82, 2.24) is 4.98 Å². The van der Waals surface area contributed by atoms with Gasteiger partial charge in [0.15, 0.2) is 0 Å². The number of nitro groups is 1. The van der Waals surface area contributed by atoms with Crippen LogP contribution in [0.15, 0.2) is 30.6 Å². The zero-order chi connectivity index (χ0) is 14.1. The molecule has 1 fully saturated rings. The number of rotatable bonds is 3. The topological polar surface area (TPSA) is 94.1 Å². The maximum Gasteiger partial charge on any atom is 0.277 e. The number of pyridine rings is 1. The Labute approximate surface area is 116 Å². The molecule has 0 saturated heterocycles. The minimum atomic E-state index is -0.368. The van der Waals surface area contributed by atoms with Gasteiger partial charge in [0.05, 0.1) is 10.3 Å². The fourth-order valence-corrected chi connectivity index (χ4v) is 2.83. The molecule has 0 bridgehead atoms. The second-order valence-electron chi connectivity index (χ2n) is 5.16. The maximum absolute atomic E-state index is 11.1. The van der Waals surface area contributed by atoms with Gasteiger partial charge >= 0.3 is 0 Å². The molecule has 0 radical (unpaired) electrons. The number of benzene rings is 1. The summed E-state index contributed by atoms with van der Waals surface area (Å²) in [5, 5.41) is 15.8. The third-order valence-electron chi connectivity index (χ3n) is 3.90. The Morgan fingerprint density at radius 1 is 1.30 bits per heavy atom. The lowest BCUT2D eigenvalue weighted by Crippen LogP contribution is -2.35. The Morgan fingerprint density at radius 3 is 2.85 bits per heavy atom. The number of non-ortho nitro benzene ring substituents is 1. The standard InChI is InChI=1S/C14H16N4O2/c15-11-2-1-3-13(11)17-12-4-5-14(18(19)20)9-6-7-16-8-10(9)12/h4-8,11,13,17H,1-3,15H2. The van der Waals surface area contributed by atoms with Crippen molar-refractivity contribution >= 4 is 22.1 Å². The molecule has 1 heterocycles. The number of aromatic nitrogens is 1. The molecule has 1 saturated carbocycles. The number of nitrogens with zero attached hydrogens (tertiary/aromatic N) is 2. The molecular formula is C14H16N4O2. The van der Waals surface area contributed by atoms with Gasteiger partial charge in [0.1, 0.15) is 0 Å². The van der Waals surface area contributed by atoms with Crippen LogP contribution in [0.25, 0.3) is 10.8 Å². The largest absolute Gasteiger partial charge is 0.380 e. The van der Waals surface area contributed by atoms with Gasteiger partial charge in [0, 0.05) is 41.6 Å². The van der Waals surface area contributed by atoms with E-state index in [2.05, 4.69) is 10.3 Å². The lowest BCUT2D eigenvalue weighted by molar-refractivity contribution is -0.383. The molecule has 6 nitrogen and oxygen atoms in total. The minimum absolute atomic E-state index is 0.101. The van der Waals surface area contributed by atoms with Crippen LogP contribution in [0.2, 0.25) is 0 Å². The number of fused-ring (bicyclic) bond motifs is 1. The Balaban J connectivity index is 2.04. The molecule has 1 aliphatic rings. The summed E-state index contributed by atoms with van der Waals surface area (Å²) in [5.74, 6) is 0. The highest BCUT2D eigenvalue weighted by Gasteiger charge is 2.24. The Bertz CT molecular complexity index is 659. The van der Waals surface area contributed by atoms with Gasteiger partial charge in [0.25, 0.3) is 5.69 Å². The summed E-state index contributed by atoms with van der Waals surface area (Å²) in [5.41, 5.74) is 7.03. The third-order valence-corrected chi connectivity index (χ3v) is 3.90. The van der Waals surface area contributed by atoms with Crippen molar-refractivity contribution in [1.29, 1.82) is 0 Å². The van der Waals surface area contributed by atoms with E-state index in [4.69, 9.17) is 5.73 Å². The van der Waals surface area contributed by atoms with Crippen LogP contribution in [-0.4, -0.2) is 22.0 Å². The zero-order valence-electron chi connectivity index (χ0n) is 11.0. The van der Waals surface area contributed by atoms with Crippen LogP contribution in [0.1, 0.15) is 19.3 Å². The van der Waals surface area contributed by atoms with Gasteiger partial charge in [-0.3, -0.25) is 15.1 Å². The summed E-state index contributed by atoms with van der Waals surface area (Å²) in [7, 11) is 0. The van der Waals surface area contributed by atoms with Gasteiger partial charge in [-0.05, 0) is 31.4 Å². The van der Waals surface area contributed by atoms with E-state index >= 15 is 0 Å². The van der Waals surface area contributed by atoms with Crippen LogP contribution in [0, 0.1) is 10.1 Å². The van der Waals surface area contributed by atoms with Crippen LogP contribution in [0.3, 0.4) is 0 Å². The van der Waals surface area contributed by atoms with E-state index in [0.717, 1.165) is 30.3 Å². The molecular weight excluding hydrogens is 256 g/mol. The highest BCUT2D eigenvalue weighted by molar-refractivity contribution is 5.99. The number of hydrogen-bond acceptors (Lipinski definition) is 5. The van der Waals surface area contributed by atoms with Crippen molar-refractivity contribution in [2.24, 2.45) is 5.73 Å². The lowest BCUT2D eigenvalue weighted by atomic mass is 10.1. The summed E-state index contributed by atoms with van der Waals surface area (Å²) in [6, 6.07) is 5.31. The molecule has 104 valence electrons. The van der Waals surface area contributed by atoms with E-state index in [1.54, 1.807) is 24.5 Å². The third kappa shape index (κ3) is 2.18. The molecule has 2 atom stereocenters. The van der Waals surface area contributed by atoms with Crippen molar-refractivity contribution in [2.75, 3.05) is 5.32 Å². The molecule has 3 rings (SSSR count). The summed E-state index contributed by atoms with van der Waals surface area (Å²) < 4.78 is 0. The predicted octanol–water partition coefficient (Wildman–Crippen LogP) is 2.43. The minimum Gasteiger partial charge on any atom is -0.380 e. The summed E-state index contributed by atoms with van der Waals surface area (Å²) in [4.78, 5) is 14.8. The highest BCUT2D eigenvalue weighted by atomic mass is 16.6. The predicted molar refractivity (Wildman–Crippen MR) is 77.6 cm³/mol. The first-order valence-electron chi connectivity index (χ1n) is 6.70. The summed E-state index contributed by atoms with van der Waals surface area (Å²) >= 11 is 0. The van der Waals surface area contributed by atoms with Crippen LogP contribution in [-0.2, 0) is 0 Å². The van der Waals surface area contributed by atoms with E-state index in [1.165, 1.54) is 6.07 Å².